The number of hydrogen-bond donors (Lipinski definition) is 0. The van der Waals surface area contributed by atoms with Gasteiger partial charge in [0.2, 0.25) is 11.7 Å². The molecule has 9 nitrogen and oxygen atoms in total. The molecule has 1 fully saturated rings. The molecule has 1 aromatic carbocycles. The van der Waals surface area contributed by atoms with E-state index in [4.69, 9.17) is 14.0 Å². The highest BCUT2D eigenvalue weighted by atomic mass is 32.2. The summed E-state index contributed by atoms with van der Waals surface area (Å²) in [4.78, 5) is 6.46. The molecule has 1 aliphatic heterocycles. The Kier molecular flexibility index (Phi) is 6.32. The molecule has 0 atom stereocenters. The summed E-state index contributed by atoms with van der Waals surface area (Å²) in [6.45, 7) is 2.74. The van der Waals surface area contributed by atoms with Crippen molar-refractivity contribution in [3.8, 4) is 11.5 Å². The molecule has 11 heteroatoms. The van der Waals surface area contributed by atoms with Crippen molar-refractivity contribution in [2.75, 3.05) is 33.3 Å². The molecule has 30 heavy (non-hydrogen) atoms. The second-order valence-electron chi connectivity index (χ2n) is 6.68. The fraction of sp³-hybridized carbons (Fsp3) is 0.368. The lowest BCUT2D eigenvalue weighted by Gasteiger charge is -2.32. The predicted octanol–water partition coefficient (Wildman–Crippen LogP) is 2.23. The molecule has 4 rings (SSSR count). The van der Waals surface area contributed by atoms with Gasteiger partial charge in [0.1, 0.15) is 15.7 Å². The number of rotatable bonds is 8. The highest BCUT2D eigenvalue weighted by Crippen LogP contribution is 2.22. The van der Waals surface area contributed by atoms with Crippen LogP contribution in [0, 0.1) is 0 Å². The second-order valence-corrected chi connectivity index (χ2v) is 9.79. The van der Waals surface area contributed by atoms with E-state index in [0.29, 0.717) is 54.4 Å². The van der Waals surface area contributed by atoms with E-state index in [1.165, 1.54) is 15.6 Å². The van der Waals surface area contributed by atoms with E-state index in [2.05, 4.69) is 15.0 Å². The van der Waals surface area contributed by atoms with Gasteiger partial charge in [0.15, 0.2) is 6.61 Å². The maximum absolute atomic E-state index is 12.6. The molecule has 0 amide bonds. The van der Waals surface area contributed by atoms with Crippen molar-refractivity contribution in [3.63, 3.8) is 0 Å². The van der Waals surface area contributed by atoms with Gasteiger partial charge in [-0.05, 0) is 35.7 Å². The summed E-state index contributed by atoms with van der Waals surface area (Å²) in [5, 5.41) is 5.72. The van der Waals surface area contributed by atoms with E-state index >= 15 is 0 Å². The van der Waals surface area contributed by atoms with Gasteiger partial charge < -0.3 is 14.0 Å². The third-order valence-electron chi connectivity index (χ3n) is 4.72. The number of methoxy groups -OCH3 is 1. The molecule has 160 valence electrons. The fourth-order valence-corrected chi connectivity index (χ4v) is 5.66. The largest absolute Gasteiger partial charge is 0.497 e. The van der Waals surface area contributed by atoms with E-state index in [-0.39, 0.29) is 6.61 Å². The third kappa shape index (κ3) is 4.81. The summed E-state index contributed by atoms with van der Waals surface area (Å²) in [5.41, 5.74) is 0. The smallest absolute Gasteiger partial charge is 0.252 e. The summed E-state index contributed by atoms with van der Waals surface area (Å²) in [6, 6.07) is 10.6. The van der Waals surface area contributed by atoms with Crippen LogP contribution in [0.3, 0.4) is 0 Å². The van der Waals surface area contributed by atoms with Gasteiger partial charge in [-0.1, -0.05) is 11.2 Å². The molecule has 0 aliphatic carbocycles. The number of nitrogens with zero attached hydrogens (tertiary/aromatic N) is 4. The van der Waals surface area contributed by atoms with Crippen LogP contribution in [-0.2, 0) is 23.2 Å². The number of aromatic nitrogens is 2. The molecule has 0 radical (unpaired) electrons. The minimum Gasteiger partial charge on any atom is -0.497 e. The maximum Gasteiger partial charge on any atom is 0.252 e. The second kappa shape index (κ2) is 9.13. The fourth-order valence-electron chi connectivity index (χ4n) is 3.09. The Morgan fingerprint density at radius 1 is 1.10 bits per heavy atom. The van der Waals surface area contributed by atoms with E-state index in [1.807, 2.05) is 24.3 Å². The molecular weight excluding hydrogens is 428 g/mol. The molecule has 3 heterocycles. The predicted molar refractivity (Wildman–Crippen MR) is 110 cm³/mol. The average Bonchev–Trinajstić information content (AvgIpc) is 3.46. The van der Waals surface area contributed by atoms with Gasteiger partial charge in [-0.3, -0.25) is 4.90 Å². The van der Waals surface area contributed by atoms with Gasteiger partial charge in [0, 0.05) is 26.2 Å². The molecule has 0 spiro atoms. The van der Waals surface area contributed by atoms with Crippen LogP contribution in [-0.4, -0.2) is 61.1 Å². The molecule has 0 unspecified atom stereocenters. The first kappa shape index (κ1) is 20.8. The van der Waals surface area contributed by atoms with Gasteiger partial charge in [-0.25, -0.2) is 8.42 Å². The quantitative estimate of drug-likeness (QED) is 0.515. The van der Waals surface area contributed by atoms with Crippen LogP contribution in [0.25, 0.3) is 0 Å². The molecule has 0 saturated carbocycles. The van der Waals surface area contributed by atoms with Gasteiger partial charge in [-0.15, -0.1) is 11.3 Å². The highest BCUT2D eigenvalue weighted by molar-refractivity contribution is 7.91. The van der Waals surface area contributed by atoms with Crippen LogP contribution in [0.5, 0.6) is 11.5 Å². The number of hydrogen-bond acceptors (Lipinski definition) is 9. The average molecular weight is 451 g/mol. The van der Waals surface area contributed by atoms with Crippen LogP contribution < -0.4 is 9.47 Å². The summed E-state index contributed by atoms with van der Waals surface area (Å²) >= 11 is 1.24. The van der Waals surface area contributed by atoms with E-state index < -0.39 is 10.0 Å². The first-order valence-electron chi connectivity index (χ1n) is 9.39. The van der Waals surface area contributed by atoms with Crippen molar-refractivity contribution >= 4 is 21.4 Å². The van der Waals surface area contributed by atoms with Crippen molar-refractivity contribution in [2.45, 2.75) is 17.4 Å². The Morgan fingerprint density at radius 3 is 2.50 bits per heavy atom. The minimum atomic E-state index is -3.40. The SMILES string of the molecule is COc1ccc(OCc2noc(CN3CCN(S(=O)(=O)c4cccs4)CC3)n2)cc1. The minimum absolute atomic E-state index is 0.197. The van der Waals surface area contributed by atoms with E-state index in [1.54, 1.807) is 24.6 Å². The lowest BCUT2D eigenvalue weighted by atomic mass is 10.3. The van der Waals surface area contributed by atoms with Crippen LogP contribution in [0.2, 0.25) is 0 Å². The Labute approximate surface area is 178 Å². The highest BCUT2D eigenvalue weighted by Gasteiger charge is 2.29. The van der Waals surface area contributed by atoms with Crippen LogP contribution in [0.4, 0.5) is 0 Å². The van der Waals surface area contributed by atoms with Gasteiger partial charge in [0.25, 0.3) is 10.0 Å². The molecule has 1 aliphatic rings. The van der Waals surface area contributed by atoms with Crippen molar-refractivity contribution in [1.29, 1.82) is 0 Å². The lowest BCUT2D eigenvalue weighted by molar-refractivity contribution is 0.163. The van der Waals surface area contributed by atoms with Crippen LogP contribution >= 0.6 is 11.3 Å². The molecule has 3 aromatic rings. The standard InChI is InChI=1S/C19H22N4O5S2/c1-26-15-4-6-16(7-5-15)27-14-17-20-18(28-21-17)13-22-8-10-23(11-9-22)30(24,25)19-3-2-12-29-19/h2-7,12H,8-11,13-14H2,1H3. The summed E-state index contributed by atoms with van der Waals surface area (Å²) < 4.78 is 43.2. The van der Waals surface area contributed by atoms with Crippen molar-refractivity contribution in [3.05, 3.63) is 53.5 Å². The zero-order valence-corrected chi connectivity index (χ0v) is 18.1. The van der Waals surface area contributed by atoms with E-state index in [9.17, 15) is 8.42 Å². The van der Waals surface area contributed by atoms with Crippen molar-refractivity contribution in [1.82, 2.24) is 19.3 Å². The van der Waals surface area contributed by atoms with Gasteiger partial charge in [0.05, 0.1) is 13.7 Å². The molecule has 2 aromatic heterocycles. The molecule has 0 bridgehead atoms. The first-order valence-corrected chi connectivity index (χ1v) is 11.7. The number of sulfonamides is 1. The van der Waals surface area contributed by atoms with Crippen molar-refractivity contribution in [2.24, 2.45) is 0 Å². The van der Waals surface area contributed by atoms with Crippen molar-refractivity contribution < 1.29 is 22.4 Å². The van der Waals surface area contributed by atoms with Crippen LogP contribution in [0.15, 0.2) is 50.5 Å². The molecule has 0 N–H and O–H groups in total. The third-order valence-corrected chi connectivity index (χ3v) is 7.99. The maximum atomic E-state index is 12.6. The Morgan fingerprint density at radius 2 is 1.83 bits per heavy atom. The monoisotopic (exact) mass is 450 g/mol. The normalized spacial score (nSPS) is 15.9. The zero-order valence-electron chi connectivity index (χ0n) is 16.4. The number of benzene rings is 1. The topological polar surface area (TPSA) is 98.0 Å². The number of ether oxygens (including phenoxy) is 2. The number of piperazine rings is 1. The zero-order chi connectivity index (χ0) is 21.0. The Balaban J connectivity index is 1.26. The van der Waals surface area contributed by atoms with Gasteiger partial charge >= 0.3 is 0 Å². The number of thiophene rings is 1. The summed E-state index contributed by atoms with van der Waals surface area (Å²) in [6.07, 6.45) is 0. The Bertz CT molecular complexity index is 1040. The summed E-state index contributed by atoms with van der Waals surface area (Å²) in [7, 11) is -1.79. The summed E-state index contributed by atoms with van der Waals surface area (Å²) in [5.74, 6) is 2.38. The molecular formula is C19H22N4O5S2. The Hall–Kier alpha value is -2.47. The first-order chi connectivity index (χ1) is 14.5. The molecule has 1 saturated heterocycles. The lowest BCUT2D eigenvalue weighted by Crippen LogP contribution is -2.48. The van der Waals surface area contributed by atoms with E-state index in [0.717, 1.165) is 5.75 Å². The van der Waals surface area contributed by atoms with Gasteiger partial charge in [-0.2, -0.15) is 9.29 Å². The van der Waals surface area contributed by atoms with Crippen LogP contribution in [0.1, 0.15) is 11.7 Å².